The first kappa shape index (κ1) is 12.5. The first-order valence-electron chi connectivity index (χ1n) is 6.09. The average molecular weight is 258 g/mol. The molecule has 0 saturated carbocycles. The van der Waals surface area contributed by atoms with Gasteiger partial charge < -0.3 is 28.8 Å². The molecule has 3 aliphatic heterocycles. The molecule has 6 heteroatoms. The number of fused-ring (bicyclic) bond motifs is 1. The zero-order chi connectivity index (χ0) is 12.8. The van der Waals surface area contributed by atoms with Crippen LogP contribution in [0, 0.1) is 5.92 Å². The average Bonchev–Trinajstić information content (AvgIpc) is 2.67. The molecular weight excluding hydrogens is 240 g/mol. The highest BCUT2D eigenvalue weighted by Crippen LogP contribution is 2.40. The van der Waals surface area contributed by atoms with E-state index in [2.05, 4.69) is 6.58 Å². The van der Waals surface area contributed by atoms with Crippen molar-refractivity contribution in [1.82, 2.24) is 0 Å². The Kier molecular flexibility index (Phi) is 3.17. The summed E-state index contributed by atoms with van der Waals surface area (Å²) in [5.74, 6) is -1.60. The van der Waals surface area contributed by atoms with Gasteiger partial charge in [0.05, 0.1) is 13.2 Å². The summed E-state index contributed by atoms with van der Waals surface area (Å²) >= 11 is 0. The third kappa shape index (κ3) is 1.80. The Morgan fingerprint density at radius 3 is 2.83 bits per heavy atom. The highest BCUT2D eigenvalue weighted by atomic mass is 16.8. The predicted molar refractivity (Wildman–Crippen MR) is 59.5 cm³/mol. The van der Waals surface area contributed by atoms with Crippen LogP contribution in [0.25, 0.3) is 0 Å². The molecule has 102 valence electrons. The van der Waals surface area contributed by atoms with Crippen molar-refractivity contribution in [3.05, 3.63) is 12.2 Å². The molecule has 2 unspecified atom stereocenters. The molecule has 0 aromatic carbocycles. The minimum absolute atomic E-state index is 0.101. The van der Waals surface area contributed by atoms with Crippen LogP contribution < -0.4 is 0 Å². The first-order valence-corrected chi connectivity index (χ1v) is 6.09. The van der Waals surface area contributed by atoms with Crippen LogP contribution >= 0.6 is 0 Å². The highest BCUT2D eigenvalue weighted by Gasteiger charge is 2.56. The lowest BCUT2D eigenvalue weighted by atomic mass is 9.87. The van der Waals surface area contributed by atoms with Crippen molar-refractivity contribution in [3.63, 3.8) is 0 Å². The van der Waals surface area contributed by atoms with E-state index in [1.54, 1.807) is 0 Å². The van der Waals surface area contributed by atoms with E-state index in [9.17, 15) is 5.11 Å². The van der Waals surface area contributed by atoms with Gasteiger partial charge in [0.15, 0.2) is 0 Å². The standard InChI is InChI=1S/C12H18O6/c1-7-3-18-12(13,8(7)2)11-10-9(15-6-17-11)4-14-5-16-10/h8-11,13H,1,3-6H2,2H3/t8?,9-,10+,11-,12?/m0/s1. The Morgan fingerprint density at radius 1 is 1.28 bits per heavy atom. The van der Waals surface area contributed by atoms with Crippen LogP contribution in [0.5, 0.6) is 0 Å². The first-order chi connectivity index (χ1) is 8.63. The molecule has 0 aliphatic carbocycles. The summed E-state index contributed by atoms with van der Waals surface area (Å²) in [5, 5.41) is 10.7. The van der Waals surface area contributed by atoms with Crippen LogP contribution in [-0.2, 0) is 23.7 Å². The van der Waals surface area contributed by atoms with Crippen molar-refractivity contribution in [2.75, 3.05) is 26.8 Å². The van der Waals surface area contributed by atoms with Crippen molar-refractivity contribution < 1.29 is 28.8 Å². The molecule has 0 aromatic rings. The monoisotopic (exact) mass is 258 g/mol. The lowest BCUT2D eigenvalue weighted by Crippen LogP contribution is -2.63. The molecule has 18 heavy (non-hydrogen) atoms. The van der Waals surface area contributed by atoms with Crippen LogP contribution in [0.3, 0.4) is 0 Å². The van der Waals surface area contributed by atoms with Gasteiger partial charge in [0, 0.05) is 5.92 Å². The lowest BCUT2D eigenvalue weighted by Gasteiger charge is -2.46. The maximum absolute atomic E-state index is 10.7. The van der Waals surface area contributed by atoms with Crippen LogP contribution in [0.15, 0.2) is 12.2 Å². The molecule has 0 bridgehead atoms. The number of hydrogen-bond acceptors (Lipinski definition) is 6. The molecule has 6 nitrogen and oxygen atoms in total. The minimum atomic E-state index is -1.40. The van der Waals surface area contributed by atoms with Crippen molar-refractivity contribution in [2.45, 2.75) is 31.0 Å². The van der Waals surface area contributed by atoms with Gasteiger partial charge >= 0.3 is 0 Å². The van der Waals surface area contributed by atoms with Gasteiger partial charge in [-0.3, -0.25) is 0 Å². The molecule has 0 spiro atoms. The third-order valence-corrected chi connectivity index (χ3v) is 3.95. The third-order valence-electron chi connectivity index (χ3n) is 3.95. The summed E-state index contributed by atoms with van der Waals surface area (Å²) in [5.41, 5.74) is 0.858. The predicted octanol–water partition coefficient (Wildman–Crippen LogP) is 0.0119. The second kappa shape index (κ2) is 4.56. The van der Waals surface area contributed by atoms with Crippen LogP contribution in [-0.4, -0.2) is 56.0 Å². The van der Waals surface area contributed by atoms with E-state index in [1.807, 2.05) is 6.92 Å². The van der Waals surface area contributed by atoms with Crippen molar-refractivity contribution in [2.24, 2.45) is 5.92 Å². The van der Waals surface area contributed by atoms with E-state index < -0.39 is 11.9 Å². The van der Waals surface area contributed by atoms with Crippen LogP contribution in [0.4, 0.5) is 0 Å². The second-order valence-electron chi connectivity index (χ2n) is 4.95. The number of hydrogen-bond donors (Lipinski definition) is 1. The van der Waals surface area contributed by atoms with E-state index in [4.69, 9.17) is 23.7 Å². The fourth-order valence-electron chi connectivity index (χ4n) is 2.65. The molecule has 3 aliphatic rings. The second-order valence-corrected chi connectivity index (χ2v) is 4.95. The van der Waals surface area contributed by atoms with E-state index in [0.29, 0.717) is 13.2 Å². The zero-order valence-corrected chi connectivity index (χ0v) is 10.3. The van der Waals surface area contributed by atoms with Gasteiger partial charge in [0.25, 0.3) is 0 Å². The molecule has 0 aromatic heterocycles. The molecule has 3 fully saturated rings. The summed E-state index contributed by atoms with van der Waals surface area (Å²) in [6, 6.07) is 0. The highest BCUT2D eigenvalue weighted by molar-refractivity contribution is 5.13. The van der Waals surface area contributed by atoms with Crippen LogP contribution in [0.1, 0.15) is 6.92 Å². The Labute approximate surface area is 105 Å². The number of ether oxygens (including phenoxy) is 5. The SMILES string of the molecule is C=C1COC(O)([C@H]2OCO[C@H]3COCO[C@H]32)C1C. The number of rotatable bonds is 1. The van der Waals surface area contributed by atoms with Crippen molar-refractivity contribution >= 4 is 0 Å². The molecule has 3 saturated heterocycles. The molecule has 5 atom stereocenters. The summed E-state index contributed by atoms with van der Waals surface area (Å²) in [4.78, 5) is 0. The maximum Gasteiger partial charge on any atom is 0.201 e. The van der Waals surface area contributed by atoms with E-state index in [1.165, 1.54) is 0 Å². The van der Waals surface area contributed by atoms with Gasteiger partial charge in [0.1, 0.15) is 31.9 Å². The van der Waals surface area contributed by atoms with Crippen molar-refractivity contribution in [1.29, 1.82) is 0 Å². The largest absolute Gasteiger partial charge is 0.363 e. The van der Waals surface area contributed by atoms with Gasteiger partial charge in [-0.25, -0.2) is 0 Å². The minimum Gasteiger partial charge on any atom is -0.363 e. The Balaban J connectivity index is 1.83. The maximum atomic E-state index is 10.7. The molecule has 3 heterocycles. The quantitative estimate of drug-likeness (QED) is 0.668. The topological polar surface area (TPSA) is 66.4 Å². The van der Waals surface area contributed by atoms with Crippen molar-refractivity contribution in [3.8, 4) is 0 Å². The molecule has 3 rings (SSSR count). The fraction of sp³-hybridized carbons (Fsp3) is 0.833. The van der Waals surface area contributed by atoms with Gasteiger partial charge in [-0.1, -0.05) is 13.5 Å². The summed E-state index contributed by atoms with van der Waals surface area (Å²) in [6.45, 7) is 6.83. The Hall–Kier alpha value is -0.500. The number of aliphatic hydroxyl groups is 1. The zero-order valence-electron chi connectivity index (χ0n) is 10.3. The normalized spacial score (nSPS) is 49.1. The van der Waals surface area contributed by atoms with E-state index in [-0.39, 0.29) is 31.7 Å². The summed E-state index contributed by atoms with van der Waals surface area (Å²) in [7, 11) is 0. The smallest absolute Gasteiger partial charge is 0.201 e. The lowest BCUT2D eigenvalue weighted by molar-refractivity contribution is -0.365. The van der Waals surface area contributed by atoms with Gasteiger partial charge in [-0.05, 0) is 5.57 Å². The van der Waals surface area contributed by atoms with Gasteiger partial charge in [-0.2, -0.15) is 0 Å². The molecule has 0 amide bonds. The Bertz CT molecular complexity index is 343. The van der Waals surface area contributed by atoms with Gasteiger partial charge in [0.2, 0.25) is 5.79 Å². The van der Waals surface area contributed by atoms with E-state index in [0.717, 1.165) is 5.57 Å². The summed E-state index contributed by atoms with van der Waals surface area (Å²) < 4.78 is 27.2. The van der Waals surface area contributed by atoms with Crippen LogP contribution in [0.2, 0.25) is 0 Å². The Morgan fingerprint density at radius 2 is 2.11 bits per heavy atom. The fourth-order valence-corrected chi connectivity index (χ4v) is 2.65. The molecular formula is C12H18O6. The van der Waals surface area contributed by atoms with E-state index >= 15 is 0 Å². The van der Waals surface area contributed by atoms with Gasteiger partial charge in [-0.15, -0.1) is 0 Å². The molecule has 0 radical (unpaired) electrons. The summed E-state index contributed by atoms with van der Waals surface area (Å²) in [6.07, 6.45) is -1.20. The molecule has 1 N–H and O–H groups in total.